The van der Waals surface area contributed by atoms with Gasteiger partial charge in [0.15, 0.2) is 0 Å². The summed E-state index contributed by atoms with van der Waals surface area (Å²) in [6.07, 6.45) is -0.437. The zero-order valence-electron chi connectivity index (χ0n) is 15.1. The molecule has 1 rings (SSSR count). The number of aliphatic carboxylic acids is 1. The number of carbonyl (C=O) groups is 6. The normalized spacial score (nSPS) is 18.0. The van der Waals surface area contributed by atoms with Gasteiger partial charge >= 0.3 is 5.97 Å². The molecule has 0 bridgehead atoms. The van der Waals surface area contributed by atoms with Crippen LogP contribution in [-0.4, -0.2) is 76.7 Å². The molecule has 9 N–H and O–H groups in total. The number of amides is 5. The summed E-state index contributed by atoms with van der Waals surface area (Å²) in [6, 6.07) is -3.88. The maximum absolute atomic E-state index is 12.7. The monoisotopic (exact) mass is 400 g/mol. The number of carbonyl (C=O) groups excluding carboxylic acids is 5. The van der Waals surface area contributed by atoms with E-state index in [0.29, 0.717) is 6.42 Å². The Morgan fingerprint density at radius 1 is 1.00 bits per heavy atom. The number of likely N-dealkylation sites (tertiary alicyclic amines) is 1. The molecular weight excluding hydrogens is 376 g/mol. The highest BCUT2D eigenvalue weighted by Gasteiger charge is 2.39. The number of nitrogens with one attached hydrogen (secondary N) is 2. The highest BCUT2D eigenvalue weighted by molar-refractivity contribution is 5.96. The van der Waals surface area contributed by atoms with Crippen LogP contribution in [0.25, 0.3) is 0 Å². The molecule has 1 aliphatic rings. The van der Waals surface area contributed by atoms with Gasteiger partial charge < -0.3 is 37.8 Å². The lowest BCUT2D eigenvalue weighted by Gasteiger charge is -2.29. The van der Waals surface area contributed by atoms with Crippen LogP contribution in [0.1, 0.15) is 25.7 Å². The SMILES string of the molecule is NCC(=O)NC(CC(N)=O)C(=O)N1CCCC1C(=O)NC(CC(N)=O)C(=O)O. The molecule has 5 amide bonds. The van der Waals surface area contributed by atoms with E-state index < -0.39 is 73.0 Å². The van der Waals surface area contributed by atoms with E-state index in [1.165, 1.54) is 0 Å². The van der Waals surface area contributed by atoms with E-state index in [-0.39, 0.29) is 13.0 Å². The average molecular weight is 400 g/mol. The molecule has 0 aromatic rings. The van der Waals surface area contributed by atoms with Gasteiger partial charge in [-0.3, -0.25) is 24.0 Å². The van der Waals surface area contributed by atoms with Crippen molar-refractivity contribution in [1.82, 2.24) is 15.5 Å². The first-order chi connectivity index (χ1) is 13.1. The van der Waals surface area contributed by atoms with Crippen molar-refractivity contribution < 1.29 is 33.9 Å². The van der Waals surface area contributed by atoms with Gasteiger partial charge in [0.2, 0.25) is 29.5 Å². The fraction of sp³-hybridized carbons (Fsp3) is 0.600. The Balaban J connectivity index is 2.92. The van der Waals surface area contributed by atoms with Crippen LogP contribution in [-0.2, 0) is 28.8 Å². The molecule has 3 unspecified atom stereocenters. The van der Waals surface area contributed by atoms with Gasteiger partial charge in [-0.2, -0.15) is 0 Å². The van der Waals surface area contributed by atoms with Crippen molar-refractivity contribution in [2.75, 3.05) is 13.1 Å². The standard InChI is InChI=1S/C15H24N6O7/c16-6-12(24)19-7(4-10(17)22)14(26)21-3-1-2-9(21)13(25)20-8(15(27)28)5-11(18)23/h7-9H,1-6,16H2,(H2,17,22)(H2,18,23)(H,19,24)(H,20,25)(H,27,28). The van der Waals surface area contributed by atoms with E-state index in [0.717, 1.165) is 4.90 Å². The fourth-order valence-electron chi connectivity index (χ4n) is 2.83. The minimum absolute atomic E-state index is 0.151. The summed E-state index contributed by atoms with van der Waals surface area (Å²) in [5, 5.41) is 13.5. The molecule has 0 aromatic carbocycles. The van der Waals surface area contributed by atoms with Crippen molar-refractivity contribution in [2.45, 2.75) is 43.8 Å². The Hall–Kier alpha value is -3.22. The molecule has 1 fully saturated rings. The van der Waals surface area contributed by atoms with Gasteiger partial charge in [-0.15, -0.1) is 0 Å². The molecule has 28 heavy (non-hydrogen) atoms. The molecule has 0 radical (unpaired) electrons. The number of primary amides is 2. The number of rotatable bonds is 10. The van der Waals surface area contributed by atoms with Crippen molar-refractivity contribution in [3.05, 3.63) is 0 Å². The van der Waals surface area contributed by atoms with Crippen LogP contribution in [0.2, 0.25) is 0 Å². The lowest BCUT2D eigenvalue weighted by Crippen LogP contribution is -2.56. The molecule has 1 aliphatic heterocycles. The van der Waals surface area contributed by atoms with Crippen molar-refractivity contribution >= 4 is 35.5 Å². The van der Waals surface area contributed by atoms with Gasteiger partial charge in [0.1, 0.15) is 18.1 Å². The zero-order valence-corrected chi connectivity index (χ0v) is 15.1. The molecule has 13 heteroatoms. The van der Waals surface area contributed by atoms with Crippen LogP contribution in [0.3, 0.4) is 0 Å². The molecule has 3 atom stereocenters. The highest BCUT2D eigenvalue weighted by Crippen LogP contribution is 2.19. The molecule has 1 saturated heterocycles. The minimum Gasteiger partial charge on any atom is -0.480 e. The summed E-state index contributed by atoms with van der Waals surface area (Å²) in [5.74, 6) is -5.42. The summed E-state index contributed by atoms with van der Waals surface area (Å²) in [6.45, 7) is -0.266. The average Bonchev–Trinajstić information content (AvgIpc) is 3.08. The third-order valence-electron chi connectivity index (χ3n) is 4.08. The van der Waals surface area contributed by atoms with Crippen LogP contribution in [0, 0.1) is 0 Å². The number of nitrogens with zero attached hydrogens (tertiary/aromatic N) is 1. The largest absolute Gasteiger partial charge is 0.480 e. The Bertz CT molecular complexity index is 667. The first-order valence-corrected chi connectivity index (χ1v) is 8.46. The third-order valence-corrected chi connectivity index (χ3v) is 4.08. The summed E-state index contributed by atoms with van der Waals surface area (Å²) in [7, 11) is 0. The Kier molecular flexibility index (Phi) is 8.31. The van der Waals surface area contributed by atoms with Gasteiger partial charge in [0, 0.05) is 6.54 Å². The second kappa shape index (κ2) is 10.2. The lowest BCUT2D eigenvalue weighted by molar-refractivity contribution is -0.146. The van der Waals surface area contributed by atoms with E-state index in [1.807, 2.05) is 0 Å². The molecule has 0 aliphatic carbocycles. The number of hydrogen-bond acceptors (Lipinski definition) is 7. The van der Waals surface area contributed by atoms with Crippen LogP contribution >= 0.6 is 0 Å². The van der Waals surface area contributed by atoms with Gasteiger partial charge in [0.05, 0.1) is 19.4 Å². The second-order valence-corrected chi connectivity index (χ2v) is 6.25. The van der Waals surface area contributed by atoms with Crippen LogP contribution in [0.5, 0.6) is 0 Å². The van der Waals surface area contributed by atoms with Crippen molar-refractivity contribution in [3.8, 4) is 0 Å². The Morgan fingerprint density at radius 2 is 1.57 bits per heavy atom. The predicted molar refractivity (Wildman–Crippen MR) is 92.9 cm³/mol. The number of hydrogen-bond donors (Lipinski definition) is 6. The van der Waals surface area contributed by atoms with Crippen molar-refractivity contribution in [1.29, 1.82) is 0 Å². The Morgan fingerprint density at radius 3 is 2.07 bits per heavy atom. The lowest BCUT2D eigenvalue weighted by atomic mass is 10.1. The fourth-order valence-corrected chi connectivity index (χ4v) is 2.83. The van der Waals surface area contributed by atoms with E-state index in [9.17, 15) is 28.8 Å². The van der Waals surface area contributed by atoms with Gasteiger partial charge in [-0.25, -0.2) is 4.79 Å². The van der Waals surface area contributed by atoms with E-state index in [2.05, 4.69) is 10.6 Å². The smallest absolute Gasteiger partial charge is 0.326 e. The summed E-state index contributed by atoms with van der Waals surface area (Å²) < 4.78 is 0. The second-order valence-electron chi connectivity index (χ2n) is 6.25. The summed E-state index contributed by atoms with van der Waals surface area (Å²) in [5.41, 5.74) is 15.3. The van der Waals surface area contributed by atoms with Crippen molar-refractivity contribution in [3.63, 3.8) is 0 Å². The molecule has 0 spiro atoms. The molecule has 0 aromatic heterocycles. The van der Waals surface area contributed by atoms with E-state index in [4.69, 9.17) is 22.3 Å². The zero-order chi connectivity index (χ0) is 21.4. The Labute approximate surface area is 159 Å². The maximum atomic E-state index is 12.7. The van der Waals surface area contributed by atoms with E-state index >= 15 is 0 Å². The summed E-state index contributed by atoms with van der Waals surface area (Å²) in [4.78, 5) is 71.2. The molecule has 1 heterocycles. The maximum Gasteiger partial charge on any atom is 0.326 e. The topological polar surface area (TPSA) is 228 Å². The summed E-state index contributed by atoms with van der Waals surface area (Å²) >= 11 is 0. The minimum atomic E-state index is -1.54. The first-order valence-electron chi connectivity index (χ1n) is 8.46. The highest BCUT2D eigenvalue weighted by atomic mass is 16.4. The van der Waals surface area contributed by atoms with Gasteiger partial charge in [-0.05, 0) is 12.8 Å². The molecule has 13 nitrogen and oxygen atoms in total. The quantitative estimate of drug-likeness (QED) is 0.210. The molecule has 156 valence electrons. The molecule has 0 saturated carbocycles. The van der Waals surface area contributed by atoms with Gasteiger partial charge in [0.25, 0.3) is 0 Å². The van der Waals surface area contributed by atoms with Crippen LogP contribution < -0.4 is 27.8 Å². The number of carboxylic acids is 1. The van der Waals surface area contributed by atoms with Gasteiger partial charge in [-0.1, -0.05) is 0 Å². The number of nitrogens with two attached hydrogens (primary N) is 3. The van der Waals surface area contributed by atoms with E-state index in [1.54, 1.807) is 0 Å². The van der Waals surface area contributed by atoms with Crippen LogP contribution in [0.15, 0.2) is 0 Å². The molecular formula is C15H24N6O7. The third kappa shape index (κ3) is 6.50. The van der Waals surface area contributed by atoms with Crippen LogP contribution in [0.4, 0.5) is 0 Å². The first kappa shape index (κ1) is 22.8. The van der Waals surface area contributed by atoms with Crippen molar-refractivity contribution in [2.24, 2.45) is 17.2 Å². The predicted octanol–water partition coefficient (Wildman–Crippen LogP) is -4.26. The number of carboxylic acid groups (broad SMARTS) is 1.